The van der Waals surface area contributed by atoms with E-state index in [-0.39, 0.29) is 12.2 Å². The number of nitrogens with one attached hydrogen (secondary N) is 2. The number of nitrogens with two attached hydrogens (primary N) is 1. The minimum atomic E-state index is -0.547. The number of hydrogen-bond acceptors (Lipinski definition) is 7. The van der Waals surface area contributed by atoms with Gasteiger partial charge in [0.05, 0.1) is 12.2 Å². The van der Waals surface area contributed by atoms with Crippen molar-refractivity contribution in [3.63, 3.8) is 0 Å². The molecule has 0 bridgehead atoms. The topological polar surface area (TPSA) is 140 Å². The smallest absolute Gasteiger partial charge is 0.328 e. The Labute approximate surface area is 184 Å². The van der Waals surface area contributed by atoms with Crippen molar-refractivity contribution < 1.29 is 19.0 Å². The van der Waals surface area contributed by atoms with Crippen molar-refractivity contribution in [3.05, 3.63) is 50.2 Å². The summed E-state index contributed by atoms with van der Waals surface area (Å²) in [5.74, 6) is 0.827. The number of H-pyrrole nitrogens is 2. The highest BCUT2D eigenvalue weighted by atomic mass is 16.5. The molecule has 10 nitrogen and oxygen atoms in total. The number of rotatable bonds is 7. The number of hydrogen-bond donors (Lipinski definition) is 3. The first-order valence-corrected chi connectivity index (χ1v) is 10.8. The second-order valence-electron chi connectivity index (χ2n) is 8.28. The Balaban J connectivity index is 1.43. The number of amides is 1. The Morgan fingerprint density at radius 1 is 1.19 bits per heavy atom. The highest BCUT2D eigenvalue weighted by Gasteiger charge is 2.42. The number of ether oxygens (including phenoxy) is 3. The summed E-state index contributed by atoms with van der Waals surface area (Å²) in [5, 5.41) is 0. The average molecular weight is 444 g/mol. The van der Waals surface area contributed by atoms with Crippen molar-refractivity contribution in [2.45, 2.75) is 44.8 Å². The molecule has 1 fully saturated rings. The first-order valence-electron chi connectivity index (χ1n) is 10.8. The van der Waals surface area contributed by atoms with E-state index >= 15 is 0 Å². The lowest BCUT2D eigenvalue weighted by molar-refractivity contribution is -0.119. The van der Waals surface area contributed by atoms with Gasteiger partial charge >= 0.3 is 5.69 Å². The van der Waals surface area contributed by atoms with E-state index in [4.69, 9.17) is 19.9 Å². The van der Waals surface area contributed by atoms with Crippen LogP contribution in [0.4, 0.5) is 0 Å². The molecule has 2 aliphatic heterocycles. The van der Waals surface area contributed by atoms with E-state index in [0.717, 1.165) is 44.5 Å². The number of carbonyl (C=O) groups is 1. The molecule has 1 amide bonds. The predicted octanol–water partition coefficient (Wildman–Crippen LogP) is 0.686. The van der Waals surface area contributed by atoms with Crippen LogP contribution in [0.5, 0.6) is 17.4 Å². The zero-order valence-corrected chi connectivity index (χ0v) is 18.1. The summed E-state index contributed by atoms with van der Waals surface area (Å²) < 4.78 is 17.2. The van der Waals surface area contributed by atoms with Crippen molar-refractivity contribution in [3.8, 4) is 17.4 Å². The summed E-state index contributed by atoms with van der Waals surface area (Å²) in [6.45, 7) is 4.55. The molecule has 0 aliphatic carbocycles. The van der Waals surface area contributed by atoms with Crippen LogP contribution in [0.25, 0.3) is 0 Å². The van der Waals surface area contributed by atoms with Gasteiger partial charge in [-0.2, -0.15) is 0 Å². The summed E-state index contributed by atoms with van der Waals surface area (Å²) in [6, 6.07) is 5.67. The maximum absolute atomic E-state index is 12.1. The van der Waals surface area contributed by atoms with Gasteiger partial charge in [-0.25, -0.2) is 4.79 Å². The lowest BCUT2D eigenvalue weighted by Crippen LogP contribution is -2.36. The lowest BCUT2D eigenvalue weighted by Gasteiger charge is -2.27. The zero-order chi connectivity index (χ0) is 22.7. The third-order valence-electron chi connectivity index (χ3n) is 5.89. The van der Waals surface area contributed by atoms with E-state index in [2.05, 4.69) is 14.9 Å². The zero-order valence-electron chi connectivity index (χ0n) is 18.1. The summed E-state index contributed by atoms with van der Waals surface area (Å²) in [5.41, 5.74) is 5.37. The molecule has 2 aromatic rings. The molecule has 1 spiro atoms. The van der Waals surface area contributed by atoms with Gasteiger partial charge in [0, 0.05) is 25.9 Å². The fourth-order valence-corrected chi connectivity index (χ4v) is 4.42. The van der Waals surface area contributed by atoms with E-state index in [1.807, 2.05) is 19.1 Å². The Hall–Kier alpha value is -3.27. The predicted molar refractivity (Wildman–Crippen MR) is 116 cm³/mol. The molecule has 1 atom stereocenters. The number of carbonyl (C=O) groups excluding carboxylic acids is 1. The third kappa shape index (κ3) is 4.80. The van der Waals surface area contributed by atoms with Gasteiger partial charge in [-0.3, -0.25) is 24.5 Å². The first kappa shape index (κ1) is 21.9. The average Bonchev–Trinajstić information content (AvgIpc) is 2.99. The van der Waals surface area contributed by atoms with Crippen molar-refractivity contribution in [1.82, 2.24) is 14.9 Å². The summed E-state index contributed by atoms with van der Waals surface area (Å²) >= 11 is 0. The number of likely N-dealkylation sites (tertiary alicyclic amines) is 1. The third-order valence-corrected chi connectivity index (χ3v) is 5.89. The maximum Gasteiger partial charge on any atom is 0.328 e. The number of aromatic amines is 2. The fraction of sp³-hybridized carbons (Fsp3) is 0.500. The second-order valence-corrected chi connectivity index (χ2v) is 8.28. The van der Waals surface area contributed by atoms with E-state index in [9.17, 15) is 14.4 Å². The SMILES string of the molecule is CCOc1cc(CN2CCC[C@]3(CC2)Cc2c([nH]c(=O)[nH]c2=O)O3)ccc1OCC(N)=O. The lowest BCUT2D eigenvalue weighted by atomic mass is 9.90. The number of fused-ring (bicyclic) bond motifs is 1. The molecular formula is C22H28N4O6. The van der Waals surface area contributed by atoms with Crippen LogP contribution >= 0.6 is 0 Å². The van der Waals surface area contributed by atoms with Gasteiger partial charge in [0.15, 0.2) is 18.1 Å². The molecule has 0 radical (unpaired) electrons. The van der Waals surface area contributed by atoms with Crippen LogP contribution in [-0.4, -0.2) is 52.7 Å². The van der Waals surface area contributed by atoms with Crippen LogP contribution in [0.15, 0.2) is 27.8 Å². The summed E-state index contributed by atoms with van der Waals surface area (Å²) in [7, 11) is 0. The van der Waals surface area contributed by atoms with Crippen molar-refractivity contribution in [2.24, 2.45) is 5.73 Å². The minimum absolute atomic E-state index is 0.204. The minimum Gasteiger partial charge on any atom is -0.490 e. The van der Waals surface area contributed by atoms with Crippen molar-refractivity contribution in [2.75, 3.05) is 26.3 Å². The van der Waals surface area contributed by atoms with Gasteiger partial charge in [-0.1, -0.05) is 6.07 Å². The Morgan fingerprint density at radius 2 is 2.03 bits per heavy atom. The normalized spacial score (nSPS) is 20.4. The van der Waals surface area contributed by atoms with E-state index < -0.39 is 17.2 Å². The molecule has 4 rings (SSSR count). The molecule has 172 valence electrons. The van der Waals surface area contributed by atoms with Crippen LogP contribution in [0.3, 0.4) is 0 Å². The molecule has 1 saturated heterocycles. The Morgan fingerprint density at radius 3 is 2.81 bits per heavy atom. The molecule has 32 heavy (non-hydrogen) atoms. The molecule has 4 N–H and O–H groups in total. The van der Waals surface area contributed by atoms with E-state index in [1.165, 1.54) is 0 Å². The molecule has 1 aromatic carbocycles. The standard InChI is InChI=1S/C22H28N4O6/c1-2-30-17-10-14(4-5-16(17)31-13-18(23)27)12-26-8-3-6-22(7-9-26)11-15-19(28)24-21(29)25-20(15)32-22/h4-5,10H,2-3,6-9,11-13H2,1H3,(H2,23,27)(H2,24,25,28,29)/t22-/m0/s1. The van der Waals surface area contributed by atoms with Crippen molar-refractivity contribution >= 4 is 5.91 Å². The van der Waals surface area contributed by atoms with E-state index in [1.54, 1.807) is 6.07 Å². The Bertz CT molecular complexity index is 1110. The van der Waals surface area contributed by atoms with Gasteiger partial charge in [-0.15, -0.1) is 0 Å². The number of nitrogens with zero attached hydrogens (tertiary/aromatic N) is 1. The van der Waals surface area contributed by atoms with Gasteiger partial charge in [0.1, 0.15) is 5.60 Å². The highest BCUT2D eigenvalue weighted by molar-refractivity contribution is 5.75. The Kier molecular flexibility index (Phi) is 6.22. The molecule has 0 unspecified atom stereocenters. The van der Waals surface area contributed by atoms with Gasteiger partial charge in [0.2, 0.25) is 5.88 Å². The summed E-state index contributed by atoms with van der Waals surface area (Å²) in [4.78, 5) is 42.0. The monoisotopic (exact) mass is 444 g/mol. The van der Waals surface area contributed by atoms with Gasteiger partial charge in [0.25, 0.3) is 11.5 Å². The first-order chi connectivity index (χ1) is 15.4. The number of benzene rings is 1. The van der Waals surface area contributed by atoms with Crippen molar-refractivity contribution in [1.29, 1.82) is 0 Å². The fourth-order valence-electron chi connectivity index (χ4n) is 4.42. The van der Waals surface area contributed by atoms with Gasteiger partial charge < -0.3 is 19.9 Å². The molecular weight excluding hydrogens is 416 g/mol. The summed E-state index contributed by atoms with van der Waals surface area (Å²) in [6.07, 6.45) is 2.97. The van der Waals surface area contributed by atoms with Crippen LogP contribution in [0, 0.1) is 0 Å². The van der Waals surface area contributed by atoms with E-state index in [0.29, 0.717) is 36.0 Å². The molecule has 3 heterocycles. The number of aromatic nitrogens is 2. The van der Waals surface area contributed by atoms with Gasteiger partial charge in [-0.05, 0) is 44.0 Å². The van der Waals surface area contributed by atoms with Crippen LogP contribution in [0.2, 0.25) is 0 Å². The molecule has 10 heteroatoms. The quantitative estimate of drug-likeness (QED) is 0.571. The second kappa shape index (κ2) is 9.07. The maximum atomic E-state index is 12.1. The van der Waals surface area contributed by atoms with Crippen LogP contribution in [-0.2, 0) is 17.8 Å². The number of primary amides is 1. The molecule has 0 saturated carbocycles. The molecule has 2 aliphatic rings. The van der Waals surface area contributed by atoms with Crippen LogP contribution < -0.4 is 31.2 Å². The van der Waals surface area contributed by atoms with Crippen LogP contribution in [0.1, 0.15) is 37.3 Å². The largest absolute Gasteiger partial charge is 0.490 e. The highest BCUT2D eigenvalue weighted by Crippen LogP contribution is 2.38. The molecule has 1 aromatic heterocycles.